The summed E-state index contributed by atoms with van der Waals surface area (Å²) in [5, 5.41) is 87.4. The molecule has 1 aliphatic heterocycles. The zero-order chi connectivity index (χ0) is 34.4. The van der Waals surface area contributed by atoms with E-state index >= 15 is 0 Å². The highest BCUT2D eigenvalue weighted by Gasteiger charge is 2.73. The lowest BCUT2D eigenvalue weighted by Crippen LogP contribution is -2.71. The van der Waals surface area contributed by atoms with Crippen molar-refractivity contribution < 1.29 is 50.3 Å². The molecule has 4 saturated carbocycles. The molecule has 1 saturated heterocycles. The van der Waals surface area contributed by atoms with Gasteiger partial charge in [0.1, 0.15) is 24.4 Å². The van der Waals surface area contributed by atoms with Crippen molar-refractivity contribution in [3.05, 3.63) is 12.2 Å². The second-order valence-corrected chi connectivity index (χ2v) is 17.9. The van der Waals surface area contributed by atoms with E-state index in [0.717, 1.165) is 19.3 Å². The van der Waals surface area contributed by atoms with E-state index in [1.807, 2.05) is 13.0 Å². The van der Waals surface area contributed by atoms with Crippen LogP contribution < -0.4 is 0 Å². The summed E-state index contributed by atoms with van der Waals surface area (Å²) in [4.78, 5) is 0. The van der Waals surface area contributed by atoms with Crippen LogP contribution in [0.5, 0.6) is 0 Å². The van der Waals surface area contributed by atoms with E-state index in [1.54, 1.807) is 19.9 Å². The summed E-state index contributed by atoms with van der Waals surface area (Å²) in [6.45, 7) is 15.6. The number of hydrogen-bond acceptors (Lipinski definition) is 10. The Morgan fingerprint density at radius 1 is 0.870 bits per heavy atom. The molecule has 266 valence electrons. The third-order valence-corrected chi connectivity index (χ3v) is 14.2. The van der Waals surface area contributed by atoms with Gasteiger partial charge < -0.3 is 50.3 Å². The summed E-state index contributed by atoms with van der Waals surface area (Å²) >= 11 is 0. The second kappa shape index (κ2) is 12.0. The molecule has 8 N–H and O–H groups in total. The maximum absolute atomic E-state index is 12.1. The molecule has 0 aromatic rings. The normalized spacial score (nSPS) is 52.1. The largest absolute Gasteiger partial charge is 0.394 e. The molecule has 0 radical (unpaired) electrons. The summed E-state index contributed by atoms with van der Waals surface area (Å²) in [6, 6.07) is 0. The molecule has 5 rings (SSSR count). The van der Waals surface area contributed by atoms with Crippen LogP contribution in [0.15, 0.2) is 12.2 Å². The quantitative estimate of drug-likeness (QED) is 0.150. The summed E-state index contributed by atoms with van der Waals surface area (Å²) < 4.78 is 12.6. The SMILES string of the molecule is CC(C)(O)C=CCC(C)(O)C1CCC2(C)C1C(O)CC1C3(C)CCC(O)C(C)(C)C3C(OC3OC(CO)C(O)C(O)C3O)CC12C. The lowest BCUT2D eigenvalue weighted by atomic mass is 9.34. The fraction of sp³-hybridized carbons (Fsp3) is 0.944. The maximum Gasteiger partial charge on any atom is 0.186 e. The minimum absolute atomic E-state index is 0.0847. The van der Waals surface area contributed by atoms with Gasteiger partial charge in [0.2, 0.25) is 0 Å². The number of rotatable bonds is 7. The monoisotopic (exact) mass is 654 g/mol. The first-order valence-electron chi connectivity index (χ1n) is 17.5. The van der Waals surface area contributed by atoms with Crippen LogP contribution in [-0.2, 0) is 9.47 Å². The lowest BCUT2D eigenvalue weighted by Gasteiger charge is -2.72. The first-order chi connectivity index (χ1) is 21.0. The predicted molar refractivity (Wildman–Crippen MR) is 171 cm³/mol. The molecule has 16 unspecified atom stereocenters. The zero-order valence-corrected chi connectivity index (χ0v) is 29.1. The molecule has 5 fully saturated rings. The molecule has 10 nitrogen and oxygen atoms in total. The van der Waals surface area contributed by atoms with Gasteiger partial charge in [-0.2, -0.15) is 0 Å². The fourth-order valence-corrected chi connectivity index (χ4v) is 11.8. The molecule has 0 amide bonds. The molecule has 4 aliphatic carbocycles. The van der Waals surface area contributed by atoms with E-state index in [2.05, 4.69) is 34.6 Å². The summed E-state index contributed by atoms with van der Waals surface area (Å²) in [5.41, 5.74) is -3.78. The molecule has 0 aromatic heterocycles. The third kappa shape index (κ3) is 5.64. The lowest BCUT2D eigenvalue weighted by molar-refractivity contribution is -0.346. The highest BCUT2D eigenvalue weighted by Crippen LogP contribution is 2.76. The van der Waals surface area contributed by atoms with Crippen molar-refractivity contribution in [2.24, 2.45) is 45.3 Å². The highest BCUT2D eigenvalue weighted by molar-refractivity contribution is 5.22. The van der Waals surface area contributed by atoms with Gasteiger partial charge in [-0.05, 0) is 111 Å². The van der Waals surface area contributed by atoms with Crippen LogP contribution >= 0.6 is 0 Å². The van der Waals surface area contributed by atoms with Gasteiger partial charge in [-0.25, -0.2) is 0 Å². The van der Waals surface area contributed by atoms with Crippen LogP contribution in [0.4, 0.5) is 0 Å². The van der Waals surface area contributed by atoms with Crippen molar-refractivity contribution >= 4 is 0 Å². The molecular formula is C36H62O10. The minimum Gasteiger partial charge on any atom is -0.394 e. The van der Waals surface area contributed by atoms with Gasteiger partial charge in [-0.15, -0.1) is 0 Å². The molecule has 0 bridgehead atoms. The van der Waals surface area contributed by atoms with Crippen molar-refractivity contribution in [3.8, 4) is 0 Å². The van der Waals surface area contributed by atoms with Gasteiger partial charge in [-0.1, -0.05) is 46.8 Å². The average Bonchev–Trinajstić information content (AvgIpc) is 3.32. The van der Waals surface area contributed by atoms with Crippen LogP contribution in [0.25, 0.3) is 0 Å². The molecule has 0 spiro atoms. The second-order valence-electron chi connectivity index (χ2n) is 17.9. The van der Waals surface area contributed by atoms with Gasteiger partial charge >= 0.3 is 0 Å². The first kappa shape index (κ1) is 36.6. The van der Waals surface area contributed by atoms with Gasteiger partial charge in [0.15, 0.2) is 6.29 Å². The van der Waals surface area contributed by atoms with Crippen molar-refractivity contribution in [2.45, 2.75) is 161 Å². The Bertz CT molecular complexity index is 1130. The van der Waals surface area contributed by atoms with Gasteiger partial charge in [0.25, 0.3) is 0 Å². The Morgan fingerprint density at radius 2 is 1.52 bits per heavy atom. The topological polar surface area (TPSA) is 180 Å². The maximum atomic E-state index is 12.1. The number of hydrogen-bond donors (Lipinski definition) is 8. The molecule has 46 heavy (non-hydrogen) atoms. The molecule has 10 heteroatoms. The average molecular weight is 655 g/mol. The van der Waals surface area contributed by atoms with Crippen molar-refractivity contribution in [1.29, 1.82) is 0 Å². The van der Waals surface area contributed by atoms with Crippen LogP contribution in [0, 0.1) is 45.3 Å². The van der Waals surface area contributed by atoms with E-state index in [-0.39, 0.29) is 39.9 Å². The smallest absolute Gasteiger partial charge is 0.186 e. The van der Waals surface area contributed by atoms with Gasteiger partial charge in [0.05, 0.1) is 36.1 Å². The molecule has 5 aliphatic rings. The van der Waals surface area contributed by atoms with E-state index in [0.29, 0.717) is 25.7 Å². The number of fused-ring (bicyclic) bond motifs is 5. The number of aliphatic hydroxyl groups excluding tert-OH is 6. The fourth-order valence-electron chi connectivity index (χ4n) is 11.8. The van der Waals surface area contributed by atoms with Crippen LogP contribution in [-0.4, -0.2) is 108 Å². The van der Waals surface area contributed by atoms with Crippen LogP contribution in [0.1, 0.15) is 100 Å². The van der Waals surface area contributed by atoms with Gasteiger partial charge in [-0.3, -0.25) is 0 Å². The van der Waals surface area contributed by atoms with E-state index in [4.69, 9.17) is 9.47 Å². The third-order valence-electron chi connectivity index (χ3n) is 14.2. The van der Waals surface area contributed by atoms with Crippen LogP contribution in [0.2, 0.25) is 0 Å². The number of aliphatic hydroxyl groups is 8. The highest BCUT2D eigenvalue weighted by atomic mass is 16.7. The molecule has 16 atom stereocenters. The van der Waals surface area contributed by atoms with Crippen molar-refractivity contribution in [2.75, 3.05) is 6.61 Å². The molecule has 0 aromatic carbocycles. The van der Waals surface area contributed by atoms with Crippen molar-refractivity contribution in [1.82, 2.24) is 0 Å². The Kier molecular flexibility index (Phi) is 9.55. The van der Waals surface area contributed by atoms with E-state index in [1.165, 1.54) is 0 Å². The standard InChI is InChI=1S/C36H62O10/c1-31(2,43)12-9-13-36(8,44)19-10-15-34(6)25(19)20(38)16-23-33(5)14-11-24(39)32(3,4)29(33)21(17-35(23,34)7)45-30-28(42)27(41)26(40)22(18-37)46-30/h9,12,19-30,37-44H,10-11,13-18H2,1-8H3. The molecular weight excluding hydrogens is 592 g/mol. The summed E-state index contributed by atoms with van der Waals surface area (Å²) in [6.07, 6.45) is -0.816. The summed E-state index contributed by atoms with van der Waals surface area (Å²) in [7, 11) is 0. The Balaban J connectivity index is 1.54. The Hall–Kier alpha value is -0.660. The summed E-state index contributed by atoms with van der Waals surface area (Å²) in [5.74, 6) is -0.457. The first-order valence-corrected chi connectivity index (χ1v) is 17.5. The van der Waals surface area contributed by atoms with E-state index < -0.39 is 72.2 Å². The number of ether oxygens (including phenoxy) is 2. The minimum atomic E-state index is -1.56. The zero-order valence-electron chi connectivity index (χ0n) is 29.1. The predicted octanol–water partition coefficient (Wildman–Crippen LogP) is 2.27. The Labute approximate surface area is 274 Å². The molecule has 1 heterocycles. The van der Waals surface area contributed by atoms with Gasteiger partial charge in [0, 0.05) is 0 Å². The van der Waals surface area contributed by atoms with Crippen molar-refractivity contribution in [3.63, 3.8) is 0 Å². The van der Waals surface area contributed by atoms with Crippen LogP contribution in [0.3, 0.4) is 0 Å². The Morgan fingerprint density at radius 3 is 2.13 bits per heavy atom. The van der Waals surface area contributed by atoms with E-state index in [9.17, 15) is 40.9 Å².